The predicted octanol–water partition coefficient (Wildman–Crippen LogP) is 2.35. The van der Waals surface area contributed by atoms with Crippen molar-refractivity contribution in [3.05, 3.63) is 70.7 Å². The summed E-state index contributed by atoms with van der Waals surface area (Å²) in [6.45, 7) is 0.875. The number of halogens is 1. The van der Waals surface area contributed by atoms with Gasteiger partial charge in [0, 0.05) is 11.6 Å². The number of rotatable bonds is 5. The van der Waals surface area contributed by atoms with E-state index in [1.807, 2.05) is 54.6 Å². The molecule has 120 valence electrons. The minimum absolute atomic E-state index is 0.118. The first-order chi connectivity index (χ1) is 11.2. The standard InChI is InChI=1S/C17H18ClN3O2/c18-14-8-6-13(7-9-14)16-15(10-19-20-16)17(22)21-23-11-12-4-2-1-3-5-12/h1-9,15-16,19-20H,10-11H2,(H,21,22). The van der Waals surface area contributed by atoms with Crippen molar-refractivity contribution >= 4 is 17.5 Å². The molecule has 23 heavy (non-hydrogen) atoms. The van der Waals surface area contributed by atoms with E-state index in [-0.39, 0.29) is 17.9 Å². The van der Waals surface area contributed by atoms with Crippen LogP contribution in [0.5, 0.6) is 0 Å². The average Bonchev–Trinajstić information content (AvgIpc) is 3.06. The molecule has 1 aliphatic rings. The van der Waals surface area contributed by atoms with Crippen LogP contribution in [0.2, 0.25) is 5.02 Å². The normalized spacial score (nSPS) is 20.4. The molecule has 1 saturated heterocycles. The van der Waals surface area contributed by atoms with Crippen LogP contribution in [-0.2, 0) is 16.2 Å². The van der Waals surface area contributed by atoms with E-state index in [1.54, 1.807) is 0 Å². The Morgan fingerprint density at radius 3 is 2.65 bits per heavy atom. The van der Waals surface area contributed by atoms with Crippen LogP contribution < -0.4 is 16.3 Å². The van der Waals surface area contributed by atoms with E-state index < -0.39 is 0 Å². The lowest BCUT2D eigenvalue weighted by Gasteiger charge is -2.18. The van der Waals surface area contributed by atoms with Gasteiger partial charge in [0.25, 0.3) is 0 Å². The summed E-state index contributed by atoms with van der Waals surface area (Å²) in [6, 6.07) is 17.0. The highest BCUT2D eigenvalue weighted by Crippen LogP contribution is 2.26. The minimum Gasteiger partial charge on any atom is -0.272 e. The summed E-state index contributed by atoms with van der Waals surface area (Å²) in [5, 5.41) is 0.673. The van der Waals surface area contributed by atoms with Gasteiger partial charge in [0.1, 0.15) is 0 Å². The van der Waals surface area contributed by atoms with E-state index in [9.17, 15) is 4.79 Å². The minimum atomic E-state index is -0.257. The second-order valence-corrected chi connectivity index (χ2v) is 5.84. The number of hydrogen-bond acceptors (Lipinski definition) is 4. The summed E-state index contributed by atoms with van der Waals surface area (Å²) < 4.78 is 0. The third-order valence-corrected chi connectivity index (χ3v) is 4.05. The number of hydrogen-bond donors (Lipinski definition) is 3. The van der Waals surface area contributed by atoms with Crippen molar-refractivity contribution in [2.24, 2.45) is 5.92 Å². The highest BCUT2D eigenvalue weighted by molar-refractivity contribution is 6.30. The fraction of sp³-hybridized carbons (Fsp3) is 0.235. The van der Waals surface area contributed by atoms with Gasteiger partial charge in [-0.1, -0.05) is 54.1 Å². The van der Waals surface area contributed by atoms with Crippen LogP contribution in [0, 0.1) is 5.92 Å². The topological polar surface area (TPSA) is 62.4 Å². The number of carbonyl (C=O) groups excluding carboxylic acids is 1. The van der Waals surface area contributed by atoms with Crippen LogP contribution in [-0.4, -0.2) is 12.5 Å². The third-order valence-electron chi connectivity index (χ3n) is 3.80. The van der Waals surface area contributed by atoms with E-state index >= 15 is 0 Å². The van der Waals surface area contributed by atoms with E-state index in [0.717, 1.165) is 11.1 Å². The van der Waals surface area contributed by atoms with E-state index in [1.165, 1.54) is 0 Å². The monoisotopic (exact) mass is 331 g/mol. The van der Waals surface area contributed by atoms with Gasteiger partial charge in [-0.15, -0.1) is 0 Å². The van der Waals surface area contributed by atoms with Crippen molar-refractivity contribution in [1.82, 2.24) is 16.3 Å². The van der Waals surface area contributed by atoms with Crippen LogP contribution in [0.3, 0.4) is 0 Å². The van der Waals surface area contributed by atoms with Crippen molar-refractivity contribution in [3.8, 4) is 0 Å². The molecule has 2 atom stereocenters. The highest BCUT2D eigenvalue weighted by Gasteiger charge is 2.34. The van der Waals surface area contributed by atoms with Gasteiger partial charge < -0.3 is 0 Å². The molecule has 2 aromatic rings. The third kappa shape index (κ3) is 4.09. The van der Waals surface area contributed by atoms with Gasteiger partial charge in [-0.05, 0) is 23.3 Å². The zero-order valence-corrected chi connectivity index (χ0v) is 13.2. The van der Waals surface area contributed by atoms with Gasteiger partial charge in [0.05, 0.1) is 18.6 Å². The summed E-state index contributed by atoms with van der Waals surface area (Å²) >= 11 is 5.91. The van der Waals surface area contributed by atoms with Crippen molar-refractivity contribution in [1.29, 1.82) is 0 Å². The number of hydroxylamine groups is 1. The van der Waals surface area contributed by atoms with Gasteiger partial charge in [-0.25, -0.2) is 10.9 Å². The van der Waals surface area contributed by atoms with Gasteiger partial charge >= 0.3 is 0 Å². The van der Waals surface area contributed by atoms with Crippen LogP contribution in [0.4, 0.5) is 0 Å². The summed E-state index contributed by atoms with van der Waals surface area (Å²) in [5.74, 6) is -0.412. The van der Waals surface area contributed by atoms with E-state index in [0.29, 0.717) is 18.2 Å². The molecule has 1 fully saturated rings. The van der Waals surface area contributed by atoms with Crippen LogP contribution >= 0.6 is 11.6 Å². The lowest BCUT2D eigenvalue weighted by molar-refractivity contribution is -0.138. The summed E-state index contributed by atoms with van der Waals surface area (Å²) in [6.07, 6.45) is 0. The first-order valence-corrected chi connectivity index (χ1v) is 7.81. The van der Waals surface area contributed by atoms with Crippen molar-refractivity contribution in [2.75, 3.05) is 6.54 Å². The Morgan fingerprint density at radius 1 is 1.17 bits per heavy atom. The molecule has 5 nitrogen and oxygen atoms in total. The zero-order valence-electron chi connectivity index (χ0n) is 12.5. The van der Waals surface area contributed by atoms with Crippen molar-refractivity contribution in [2.45, 2.75) is 12.6 Å². The van der Waals surface area contributed by atoms with Gasteiger partial charge in [0.2, 0.25) is 5.91 Å². The molecule has 0 aromatic heterocycles. The molecule has 3 rings (SSSR count). The van der Waals surface area contributed by atoms with Crippen molar-refractivity contribution in [3.63, 3.8) is 0 Å². The maximum atomic E-state index is 12.3. The van der Waals surface area contributed by atoms with Gasteiger partial charge in [-0.3, -0.25) is 15.1 Å². The molecule has 2 unspecified atom stereocenters. The molecule has 0 bridgehead atoms. The largest absolute Gasteiger partial charge is 0.272 e. The molecule has 1 amide bonds. The fourth-order valence-electron chi connectivity index (χ4n) is 2.57. The fourth-order valence-corrected chi connectivity index (χ4v) is 2.69. The molecule has 1 heterocycles. The van der Waals surface area contributed by atoms with Crippen LogP contribution in [0.1, 0.15) is 17.2 Å². The molecule has 0 radical (unpaired) electrons. The summed E-state index contributed by atoms with van der Waals surface area (Å²) in [5.41, 5.74) is 10.7. The number of hydrazine groups is 1. The van der Waals surface area contributed by atoms with Crippen molar-refractivity contribution < 1.29 is 9.63 Å². The van der Waals surface area contributed by atoms with Crippen LogP contribution in [0.25, 0.3) is 0 Å². The molecule has 0 spiro atoms. The number of carbonyl (C=O) groups is 1. The van der Waals surface area contributed by atoms with Gasteiger partial charge in [-0.2, -0.15) is 0 Å². The molecule has 6 heteroatoms. The van der Waals surface area contributed by atoms with E-state index in [2.05, 4.69) is 16.3 Å². The molecule has 3 N–H and O–H groups in total. The van der Waals surface area contributed by atoms with Gasteiger partial charge in [0.15, 0.2) is 0 Å². The SMILES string of the molecule is O=C(NOCc1ccccc1)C1CNNC1c1ccc(Cl)cc1. The molecule has 0 saturated carbocycles. The first-order valence-electron chi connectivity index (χ1n) is 7.43. The quantitative estimate of drug-likeness (QED) is 0.736. The number of nitrogens with one attached hydrogen (secondary N) is 3. The average molecular weight is 332 g/mol. The predicted molar refractivity (Wildman–Crippen MR) is 88.2 cm³/mol. The smallest absolute Gasteiger partial charge is 0.249 e. The maximum Gasteiger partial charge on any atom is 0.249 e. The van der Waals surface area contributed by atoms with Crippen LogP contribution in [0.15, 0.2) is 54.6 Å². The maximum absolute atomic E-state index is 12.3. The summed E-state index contributed by atoms with van der Waals surface area (Å²) in [4.78, 5) is 17.7. The highest BCUT2D eigenvalue weighted by atomic mass is 35.5. The Bertz CT molecular complexity index is 649. The Labute approximate surface area is 139 Å². The molecule has 1 aliphatic heterocycles. The Kier molecular flexibility index (Phi) is 5.25. The lowest BCUT2D eigenvalue weighted by atomic mass is 9.94. The Balaban J connectivity index is 1.56. The number of benzene rings is 2. The summed E-state index contributed by atoms with van der Waals surface area (Å²) in [7, 11) is 0. The second-order valence-electron chi connectivity index (χ2n) is 5.40. The second kappa shape index (κ2) is 7.57. The Hall–Kier alpha value is -1.92. The Morgan fingerprint density at radius 2 is 1.91 bits per heavy atom. The number of amides is 1. The molecule has 2 aromatic carbocycles. The first kappa shape index (κ1) is 16.0. The molecular formula is C17H18ClN3O2. The lowest BCUT2D eigenvalue weighted by Crippen LogP contribution is -2.35. The molecular weight excluding hydrogens is 314 g/mol. The molecule has 0 aliphatic carbocycles. The zero-order chi connectivity index (χ0) is 16.1. The van der Waals surface area contributed by atoms with E-state index in [4.69, 9.17) is 16.4 Å².